The zero-order chi connectivity index (χ0) is 18.9. The molecule has 0 unspecified atom stereocenters. The van der Waals surface area contributed by atoms with Crippen LogP contribution in [0.1, 0.15) is 48.5 Å². The molecule has 2 N–H and O–H groups in total. The van der Waals surface area contributed by atoms with Gasteiger partial charge < -0.3 is 15.4 Å². The summed E-state index contributed by atoms with van der Waals surface area (Å²) in [4.78, 5) is 35.2. The van der Waals surface area contributed by atoms with Gasteiger partial charge in [0.1, 0.15) is 5.78 Å². The molecule has 0 fully saturated rings. The van der Waals surface area contributed by atoms with Gasteiger partial charge in [-0.1, -0.05) is 0 Å². The number of benzene rings is 2. The summed E-state index contributed by atoms with van der Waals surface area (Å²) in [6.07, 6.45) is 2.30. The first-order chi connectivity index (χ1) is 12.5. The van der Waals surface area contributed by atoms with E-state index in [1.807, 2.05) is 19.2 Å². The summed E-state index contributed by atoms with van der Waals surface area (Å²) in [7, 11) is 1.83. The van der Waals surface area contributed by atoms with Crippen molar-refractivity contribution < 1.29 is 14.4 Å². The number of rotatable bonds is 9. The first-order valence-corrected chi connectivity index (χ1v) is 8.71. The van der Waals surface area contributed by atoms with E-state index in [4.69, 9.17) is 0 Å². The summed E-state index contributed by atoms with van der Waals surface area (Å²) in [6, 6.07) is 14.1. The molecule has 5 nitrogen and oxygen atoms in total. The van der Waals surface area contributed by atoms with Gasteiger partial charge in [-0.15, -0.1) is 0 Å². The molecule has 2 aromatic rings. The van der Waals surface area contributed by atoms with Crippen LogP contribution in [-0.2, 0) is 9.59 Å². The molecule has 5 heteroatoms. The molecule has 0 aliphatic heterocycles. The average molecular weight is 352 g/mol. The normalized spacial score (nSPS) is 10.2. The Morgan fingerprint density at radius 3 is 1.77 bits per heavy atom. The maximum Gasteiger partial charge on any atom is 0.224 e. The largest absolute Gasteiger partial charge is 0.388 e. The maximum absolute atomic E-state index is 12.5. The van der Waals surface area contributed by atoms with Crippen LogP contribution in [0.3, 0.4) is 0 Å². The summed E-state index contributed by atoms with van der Waals surface area (Å²) < 4.78 is 0. The summed E-state index contributed by atoms with van der Waals surface area (Å²) >= 11 is 0. The SMILES string of the molecule is CNc1ccc(C(=O)c2ccc(NC(=O)CCCCC(C)=O)cc2)cc1. The molecule has 1 amide bonds. The van der Waals surface area contributed by atoms with E-state index in [2.05, 4.69) is 10.6 Å². The summed E-state index contributed by atoms with van der Waals surface area (Å²) in [6.45, 7) is 1.55. The minimum Gasteiger partial charge on any atom is -0.388 e. The van der Waals surface area contributed by atoms with Gasteiger partial charge in [-0.05, 0) is 68.3 Å². The molecule has 0 radical (unpaired) electrons. The second-order valence-corrected chi connectivity index (χ2v) is 6.19. The van der Waals surface area contributed by atoms with Gasteiger partial charge in [-0.3, -0.25) is 9.59 Å². The molecular weight excluding hydrogens is 328 g/mol. The van der Waals surface area contributed by atoms with Gasteiger partial charge >= 0.3 is 0 Å². The molecule has 0 atom stereocenters. The Hall–Kier alpha value is -2.95. The molecule has 2 rings (SSSR count). The Balaban J connectivity index is 1.89. The molecule has 0 saturated heterocycles. The zero-order valence-electron chi connectivity index (χ0n) is 15.2. The van der Waals surface area contributed by atoms with Crippen LogP contribution in [0.2, 0.25) is 0 Å². The predicted octanol–water partition coefficient (Wildman–Crippen LogP) is 4.05. The fourth-order valence-corrected chi connectivity index (χ4v) is 2.54. The van der Waals surface area contributed by atoms with E-state index < -0.39 is 0 Å². The van der Waals surface area contributed by atoms with E-state index in [1.54, 1.807) is 43.3 Å². The molecule has 0 heterocycles. The Kier molecular flexibility index (Phi) is 7.09. The van der Waals surface area contributed by atoms with Gasteiger partial charge in [0.25, 0.3) is 0 Å². The van der Waals surface area contributed by atoms with Crippen LogP contribution in [0.25, 0.3) is 0 Å². The Bertz CT molecular complexity index is 765. The number of hydrogen-bond donors (Lipinski definition) is 2. The molecular formula is C21H24N2O3. The van der Waals surface area contributed by atoms with E-state index in [-0.39, 0.29) is 17.5 Å². The van der Waals surface area contributed by atoms with Crippen LogP contribution < -0.4 is 10.6 Å². The fourth-order valence-electron chi connectivity index (χ4n) is 2.54. The van der Waals surface area contributed by atoms with Crippen molar-refractivity contribution in [1.29, 1.82) is 0 Å². The first-order valence-electron chi connectivity index (χ1n) is 8.71. The quantitative estimate of drug-likeness (QED) is 0.527. The monoisotopic (exact) mass is 352 g/mol. The molecule has 0 aliphatic rings. The van der Waals surface area contributed by atoms with E-state index >= 15 is 0 Å². The van der Waals surface area contributed by atoms with Gasteiger partial charge in [0.05, 0.1) is 0 Å². The van der Waals surface area contributed by atoms with Crippen molar-refractivity contribution in [3.8, 4) is 0 Å². The molecule has 0 aromatic heterocycles. The summed E-state index contributed by atoms with van der Waals surface area (Å²) in [5.41, 5.74) is 2.79. The Morgan fingerprint density at radius 1 is 0.769 bits per heavy atom. The van der Waals surface area contributed by atoms with Crippen LogP contribution in [-0.4, -0.2) is 24.5 Å². The van der Waals surface area contributed by atoms with E-state index in [0.717, 1.165) is 12.1 Å². The van der Waals surface area contributed by atoms with Crippen molar-refractivity contribution in [1.82, 2.24) is 0 Å². The highest BCUT2D eigenvalue weighted by Gasteiger charge is 2.09. The number of amides is 1. The second kappa shape index (κ2) is 9.51. The second-order valence-electron chi connectivity index (χ2n) is 6.19. The van der Waals surface area contributed by atoms with E-state index in [9.17, 15) is 14.4 Å². The molecule has 0 spiro atoms. The van der Waals surface area contributed by atoms with Crippen molar-refractivity contribution in [2.45, 2.75) is 32.6 Å². The lowest BCUT2D eigenvalue weighted by molar-refractivity contribution is -0.118. The predicted molar refractivity (Wildman–Crippen MR) is 104 cm³/mol. The number of ketones is 2. The lowest BCUT2D eigenvalue weighted by Gasteiger charge is -2.07. The molecule has 0 saturated carbocycles. The minimum absolute atomic E-state index is 0.0604. The summed E-state index contributed by atoms with van der Waals surface area (Å²) in [5, 5.41) is 5.82. The van der Waals surface area contributed by atoms with Gasteiger partial charge in [0, 0.05) is 42.4 Å². The maximum atomic E-state index is 12.5. The minimum atomic E-state index is -0.0877. The number of unbranched alkanes of at least 4 members (excludes halogenated alkanes) is 1. The Labute approximate surface area is 153 Å². The number of Topliss-reactive ketones (excluding diaryl/α,β-unsaturated/α-hetero) is 1. The fraction of sp³-hybridized carbons (Fsp3) is 0.286. The van der Waals surface area contributed by atoms with E-state index in [1.165, 1.54) is 0 Å². The third-order valence-electron chi connectivity index (χ3n) is 4.05. The van der Waals surface area contributed by atoms with Gasteiger partial charge in [0.2, 0.25) is 5.91 Å². The number of nitrogens with one attached hydrogen (secondary N) is 2. The van der Waals surface area contributed by atoms with Gasteiger partial charge in [0.15, 0.2) is 5.78 Å². The molecule has 2 aromatic carbocycles. The highest BCUT2D eigenvalue weighted by Crippen LogP contribution is 2.16. The van der Waals surface area contributed by atoms with Gasteiger partial charge in [-0.2, -0.15) is 0 Å². The number of carbonyl (C=O) groups is 3. The lowest BCUT2D eigenvalue weighted by atomic mass is 10.0. The van der Waals surface area contributed by atoms with Crippen molar-refractivity contribution in [3.63, 3.8) is 0 Å². The highest BCUT2D eigenvalue weighted by molar-refractivity contribution is 6.09. The topological polar surface area (TPSA) is 75.3 Å². The number of hydrogen-bond acceptors (Lipinski definition) is 4. The van der Waals surface area contributed by atoms with Gasteiger partial charge in [-0.25, -0.2) is 0 Å². The first kappa shape index (κ1) is 19.4. The molecule has 26 heavy (non-hydrogen) atoms. The zero-order valence-corrected chi connectivity index (χ0v) is 15.2. The van der Waals surface area contributed by atoms with Crippen molar-refractivity contribution in [2.75, 3.05) is 17.7 Å². The third kappa shape index (κ3) is 5.84. The van der Waals surface area contributed by atoms with Crippen LogP contribution in [0.15, 0.2) is 48.5 Å². The average Bonchev–Trinajstić information content (AvgIpc) is 2.65. The van der Waals surface area contributed by atoms with Crippen molar-refractivity contribution in [2.24, 2.45) is 0 Å². The highest BCUT2D eigenvalue weighted by atomic mass is 16.1. The number of anilines is 2. The standard InChI is InChI=1S/C21H24N2O3/c1-15(24)5-3-4-6-20(25)23-19-13-9-17(10-14-19)21(26)16-7-11-18(22-2)12-8-16/h7-14,22H,3-6H2,1-2H3,(H,23,25). The molecule has 136 valence electrons. The van der Waals surface area contributed by atoms with Crippen LogP contribution in [0.5, 0.6) is 0 Å². The smallest absolute Gasteiger partial charge is 0.224 e. The summed E-state index contributed by atoms with van der Waals surface area (Å²) in [5.74, 6) is -0.00342. The lowest BCUT2D eigenvalue weighted by Crippen LogP contribution is -2.11. The van der Waals surface area contributed by atoms with Crippen molar-refractivity contribution in [3.05, 3.63) is 59.7 Å². The van der Waals surface area contributed by atoms with Crippen LogP contribution >= 0.6 is 0 Å². The number of carbonyl (C=O) groups excluding carboxylic acids is 3. The Morgan fingerprint density at radius 2 is 1.27 bits per heavy atom. The van der Waals surface area contributed by atoms with Crippen molar-refractivity contribution >= 4 is 28.8 Å². The van der Waals surface area contributed by atoms with E-state index in [0.29, 0.717) is 36.1 Å². The third-order valence-corrected chi connectivity index (χ3v) is 4.05. The molecule has 0 aliphatic carbocycles. The van der Waals surface area contributed by atoms with Crippen LogP contribution in [0, 0.1) is 0 Å². The molecule has 0 bridgehead atoms. The van der Waals surface area contributed by atoms with Crippen LogP contribution in [0.4, 0.5) is 11.4 Å².